The van der Waals surface area contributed by atoms with Crippen molar-refractivity contribution in [3.63, 3.8) is 0 Å². The molecule has 0 saturated carbocycles. The van der Waals surface area contributed by atoms with Crippen LogP contribution in [-0.4, -0.2) is 33.2 Å². The Hall–Kier alpha value is -13.2. The summed E-state index contributed by atoms with van der Waals surface area (Å²) in [4.78, 5) is 17.4. The Bertz CT molecular complexity index is 6030. The van der Waals surface area contributed by atoms with Crippen molar-refractivity contribution in [3.05, 3.63) is 333 Å². The van der Waals surface area contributed by atoms with Crippen LogP contribution in [0.1, 0.15) is 5.56 Å². The second-order valence-electron chi connectivity index (χ2n) is 24.5. The molecule has 0 atom stereocenters. The molecular formula is C88H54N8. The molecule has 0 saturated heterocycles. The molecule has 0 bridgehead atoms. The molecule has 96 heavy (non-hydrogen) atoms. The zero-order chi connectivity index (χ0) is 63.4. The van der Waals surface area contributed by atoms with Gasteiger partial charge in [-0.1, -0.05) is 218 Å². The summed E-state index contributed by atoms with van der Waals surface area (Å²) in [6.45, 7) is 0. The van der Waals surface area contributed by atoms with Crippen LogP contribution in [0.4, 0.5) is 0 Å². The molecule has 0 radical (unpaired) electrons. The normalized spacial score (nSPS) is 11.7. The molecule has 0 amide bonds. The van der Waals surface area contributed by atoms with Crippen molar-refractivity contribution in [1.82, 2.24) is 33.2 Å². The van der Waals surface area contributed by atoms with Gasteiger partial charge in [-0.3, -0.25) is 0 Å². The number of nitriles is 1. The van der Waals surface area contributed by atoms with Gasteiger partial charge < -0.3 is 18.3 Å². The van der Waals surface area contributed by atoms with E-state index in [1.165, 1.54) is 0 Å². The van der Waals surface area contributed by atoms with Gasteiger partial charge in [0.2, 0.25) is 0 Å². The van der Waals surface area contributed by atoms with Gasteiger partial charge in [-0.25, -0.2) is 15.0 Å². The maximum atomic E-state index is 13.1. The minimum absolute atomic E-state index is 0.397. The molecule has 446 valence electrons. The molecule has 0 fully saturated rings. The molecule has 12 aromatic carbocycles. The predicted molar refractivity (Wildman–Crippen MR) is 395 cm³/mol. The third kappa shape index (κ3) is 8.44. The van der Waals surface area contributed by atoms with E-state index >= 15 is 0 Å². The van der Waals surface area contributed by atoms with Crippen LogP contribution in [0.25, 0.3) is 178 Å². The van der Waals surface area contributed by atoms with Crippen LogP contribution in [0.15, 0.2) is 328 Å². The summed E-state index contributed by atoms with van der Waals surface area (Å²) in [6, 6.07) is 119. The summed E-state index contributed by atoms with van der Waals surface area (Å²) in [5.41, 5.74) is 21.1. The fourth-order valence-corrected chi connectivity index (χ4v) is 15.1. The van der Waals surface area contributed by atoms with Gasteiger partial charge in [-0.2, -0.15) is 5.26 Å². The molecule has 0 spiro atoms. The van der Waals surface area contributed by atoms with Gasteiger partial charge in [0.1, 0.15) is 6.07 Å². The highest BCUT2D eigenvalue weighted by atomic mass is 15.1. The summed E-state index contributed by atoms with van der Waals surface area (Å²) in [5.74, 6) is 0. The van der Waals surface area contributed by atoms with E-state index < -0.39 is 0 Å². The highest BCUT2D eigenvalue weighted by molar-refractivity contribution is 6.22. The third-order valence-electron chi connectivity index (χ3n) is 19.2. The zero-order valence-electron chi connectivity index (χ0n) is 51.8. The van der Waals surface area contributed by atoms with Gasteiger partial charge >= 0.3 is 0 Å². The minimum atomic E-state index is 0.397. The van der Waals surface area contributed by atoms with Crippen molar-refractivity contribution in [2.45, 2.75) is 0 Å². The second kappa shape index (κ2) is 22.0. The van der Waals surface area contributed by atoms with Crippen molar-refractivity contribution in [1.29, 1.82) is 5.26 Å². The number of pyridine rings is 3. The molecule has 0 unspecified atom stereocenters. The van der Waals surface area contributed by atoms with E-state index in [1.54, 1.807) is 0 Å². The Morgan fingerprint density at radius 1 is 0.219 bits per heavy atom. The number of rotatable bonds is 10. The summed E-state index contributed by atoms with van der Waals surface area (Å²) in [7, 11) is 0. The molecule has 19 aromatic rings. The van der Waals surface area contributed by atoms with Crippen LogP contribution in [0.3, 0.4) is 0 Å². The van der Waals surface area contributed by atoms with E-state index in [0.29, 0.717) is 33.8 Å². The highest BCUT2D eigenvalue weighted by Gasteiger charge is 2.35. The number of hydrogen-bond donors (Lipinski definition) is 0. The Morgan fingerprint density at radius 2 is 0.490 bits per heavy atom. The second-order valence-corrected chi connectivity index (χ2v) is 24.5. The number of para-hydroxylation sites is 6. The topological polar surface area (TPSA) is 82.2 Å². The average molecular weight is 1220 g/mol. The molecule has 0 aliphatic rings. The number of hydrogen-bond acceptors (Lipinski definition) is 4. The first-order valence-electron chi connectivity index (χ1n) is 32.4. The van der Waals surface area contributed by atoms with Gasteiger partial charge in [-0.15, -0.1) is 0 Å². The number of aromatic nitrogens is 7. The molecule has 0 aliphatic heterocycles. The van der Waals surface area contributed by atoms with Crippen LogP contribution in [0.5, 0.6) is 0 Å². The lowest BCUT2D eigenvalue weighted by Crippen LogP contribution is -2.12. The van der Waals surface area contributed by atoms with E-state index in [9.17, 15) is 5.26 Å². The average Bonchev–Trinajstić information content (AvgIpc) is 1.41. The molecule has 0 aliphatic carbocycles. The summed E-state index contributed by atoms with van der Waals surface area (Å²) in [6.07, 6.45) is 0. The first kappa shape index (κ1) is 54.5. The van der Waals surface area contributed by atoms with Crippen LogP contribution >= 0.6 is 0 Å². The first-order valence-corrected chi connectivity index (χ1v) is 32.4. The van der Waals surface area contributed by atoms with Gasteiger partial charge in [0, 0.05) is 87.8 Å². The Labute approximate surface area is 552 Å². The van der Waals surface area contributed by atoms with E-state index in [4.69, 9.17) is 15.0 Å². The van der Waals surface area contributed by atoms with Crippen LogP contribution < -0.4 is 0 Å². The minimum Gasteiger partial charge on any atom is -0.309 e. The first-order chi connectivity index (χ1) is 47.6. The molecule has 8 nitrogen and oxygen atoms in total. The van der Waals surface area contributed by atoms with Crippen LogP contribution in [0.2, 0.25) is 0 Å². The molecule has 19 rings (SSSR count). The Kier molecular flexibility index (Phi) is 12.5. The zero-order valence-corrected chi connectivity index (χ0v) is 51.8. The predicted octanol–water partition coefficient (Wildman–Crippen LogP) is 22.1. The van der Waals surface area contributed by atoms with E-state index in [-0.39, 0.29) is 0 Å². The SMILES string of the molecule is N#Cc1c(-c2cccc(-c3ccccc3)n2)c(-n2c3ccccc3c3cc4c5ccccc5n(-c5ccccc5)c4cc32)c(-c2cccc(-c3ccccc3)n2)c(-n2c3ccccc3c3cc4c5ccccc5n(-c5ccccc5)c4cc32)c1-c1cccc(-c2ccccc2)n1. The Morgan fingerprint density at radius 3 is 0.823 bits per heavy atom. The van der Waals surface area contributed by atoms with Crippen molar-refractivity contribution in [3.8, 4) is 96.4 Å². The van der Waals surface area contributed by atoms with Gasteiger partial charge in [0.15, 0.2) is 0 Å². The van der Waals surface area contributed by atoms with Crippen molar-refractivity contribution < 1.29 is 0 Å². The number of nitrogens with zero attached hydrogens (tertiary/aromatic N) is 8. The molecule has 7 aromatic heterocycles. The number of fused-ring (bicyclic) bond motifs is 12. The van der Waals surface area contributed by atoms with Gasteiger partial charge in [0.05, 0.1) is 95.2 Å². The van der Waals surface area contributed by atoms with Gasteiger partial charge in [0.25, 0.3) is 0 Å². The largest absolute Gasteiger partial charge is 0.309 e. The van der Waals surface area contributed by atoms with E-state index in [2.05, 4.69) is 309 Å². The summed E-state index contributed by atoms with van der Waals surface area (Å²) >= 11 is 0. The molecular weight excluding hydrogens is 1170 g/mol. The summed E-state index contributed by atoms with van der Waals surface area (Å²) < 4.78 is 9.63. The lowest BCUT2D eigenvalue weighted by atomic mass is 9.87. The number of benzene rings is 12. The van der Waals surface area contributed by atoms with Crippen LogP contribution in [0, 0.1) is 11.3 Å². The van der Waals surface area contributed by atoms with E-state index in [1.807, 2.05) is 42.5 Å². The van der Waals surface area contributed by atoms with Crippen molar-refractivity contribution >= 4 is 87.2 Å². The molecule has 8 heteroatoms. The third-order valence-corrected chi connectivity index (χ3v) is 19.2. The highest BCUT2D eigenvalue weighted by Crippen LogP contribution is 2.53. The van der Waals surface area contributed by atoms with E-state index in [0.717, 1.165) is 149 Å². The lowest BCUT2D eigenvalue weighted by Gasteiger charge is -2.27. The maximum Gasteiger partial charge on any atom is 0.101 e. The van der Waals surface area contributed by atoms with Crippen molar-refractivity contribution in [2.75, 3.05) is 0 Å². The fraction of sp³-hybridized carbons (Fsp3) is 0. The maximum absolute atomic E-state index is 13.1. The smallest absolute Gasteiger partial charge is 0.101 e. The Balaban J connectivity index is 1.08. The standard InChI is InChI=1S/C88H54N8/c89-55-69-84(73-44-24-41-70(90-73)56-27-6-1-7-28-56)87(95-78-49-22-18-39-63(78)67-51-65-61-37-16-20-47-76(61)93(80(65)53-82(67)95)59-33-12-4-13-34-59)86(75-46-26-43-72(92-75)58-31-10-3-11-32-58)88(85(69)74-45-25-42-71(91-74)57-29-8-2-9-30-57)96-79-50-23-19-40-64(79)68-52-66-62-38-17-21-48-77(62)94(81(66)54-83(68)96)60-35-14-5-15-36-60/h1-54H. The molecule has 7 heterocycles. The lowest BCUT2D eigenvalue weighted by molar-refractivity contribution is 1.11. The summed E-state index contributed by atoms with van der Waals surface area (Å²) in [5, 5.41) is 21.8. The van der Waals surface area contributed by atoms with Crippen molar-refractivity contribution in [2.24, 2.45) is 0 Å². The monoisotopic (exact) mass is 1220 g/mol. The van der Waals surface area contributed by atoms with Crippen LogP contribution in [-0.2, 0) is 0 Å². The molecule has 0 N–H and O–H groups in total. The fourth-order valence-electron chi connectivity index (χ4n) is 15.1. The van der Waals surface area contributed by atoms with Gasteiger partial charge in [-0.05, 0) is 109 Å². The quantitative estimate of drug-likeness (QED) is 0.137.